The second kappa shape index (κ2) is 5.95. The van der Waals surface area contributed by atoms with E-state index in [4.69, 9.17) is 0 Å². The van der Waals surface area contributed by atoms with Crippen LogP contribution < -0.4 is 5.32 Å². The molecule has 0 spiro atoms. The van der Waals surface area contributed by atoms with Gasteiger partial charge < -0.3 is 5.32 Å². The summed E-state index contributed by atoms with van der Waals surface area (Å²) < 4.78 is 1.81. The Morgan fingerprint density at radius 2 is 2.00 bits per heavy atom. The first kappa shape index (κ1) is 16.3. The molecular weight excluding hydrogens is 314 g/mol. The van der Waals surface area contributed by atoms with Gasteiger partial charge in [-0.2, -0.15) is 0 Å². The molecule has 1 saturated heterocycles. The molecule has 0 radical (unpaired) electrons. The van der Waals surface area contributed by atoms with Gasteiger partial charge in [-0.3, -0.25) is 9.69 Å². The second-order valence-electron chi connectivity index (χ2n) is 7.73. The van der Waals surface area contributed by atoms with Gasteiger partial charge in [0, 0.05) is 18.1 Å². The van der Waals surface area contributed by atoms with E-state index in [0.717, 1.165) is 19.4 Å². The third-order valence-electron chi connectivity index (χ3n) is 5.69. The summed E-state index contributed by atoms with van der Waals surface area (Å²) in [6.07, 6.45) is 4.03. The lowest BCUT2D eigenvalue weighted by Crippen LogP contribution is -2.73. The number of hydrogen-bond acceptors (Lipinski definition) is 4. The Balaban J connectivity index is 1.40. The lowest BCUT2D eigenvalue weighted by Gasteiger charge is -2.57. The van der Waals surface area contributed by atoms with Crippen molar-refractivity contribution in [2.24, 2.45) is 0 Å². The number of carbonyl (C=O) groups excluding carboxylic acids is 1. The summed E-state index contributed by atoms with van der Waals surface area (Å²) in [5.41, 5.74) is 1.61. The third kappa shape index (κ3) is 2.95. The number of likely N-dealkylation sites (tertiary alicyclic amines) is 1. The Bertz CT molecular complexity index is 765. The number of amides is 1. The molecule has 6 heteroatoms. The highest BCUT2D eigenvalue weighted by Gasteiger charge is 2.49. The molecule has 2 unspecified atom stereocenters. The van der Waals surface area contributed by atoms with Crippen LogP contribution in [0.1, 0.15) is 61.7 Å². The molecule has 25 heavy (non-hydrogen) atoms. The fourth-order valence-corrected chi connectivity index (χ4v) is 3.66. The molecule has 1 aliphatic heterocycles. The highest BCUT2D eigenvalue weighted by molar-refractivity contribution is 5.92. The maximum Gasteiger partial charge on any atom is 0.273 e. The zero-order chi connectivity index (χ0) is 17.6. The van der Waals surface area contributed by atoms with Crippen molar-refractivity contribution in [2.75, 3.05) is 6.54 Å². The smallest absolute Gasteiger partial charge is 0.273 e. The number of nitrogens with one attached hydrogen (secondary N) is 1. The van der Waals surface area contributed by atoms with Crippen LogP contribution >= 0.6 is 0 Å². The van der Waals surface area contributed by atoms with Gasteiger partial charge in [0.05, 0.1) is 18.3 Å². The van der Waals surface area contributed by atoms with Gasteiger partial charge in [-0.15, -0.1) is 5.10 Å². The fraction of sp³-hybridized carbons (Fsp3) is 0.526. The lowest BCUT2D eigenvalue weighted by atomic mass is 9.80. The Morgan fingerprint density at radius 3 is 2.64 bits per heavy atom. The quantitative estimate of drug-likeness (QED) is 0.909. The molecule has 1 aromatic heterocycles. The number of nitrogens with zero attached hydrogens (tertiary/aromatic N) is 4. The van der Waals surface area contributed by atoms with Crippen molar-refractivity contribution in [3.8, 4) is 0 Å². The van der Waals surface area contributed by atoms with Crippen molar-refractivity contribution in [3.63, 3.8) is 0 Å². The van der Waals surface area contributed by atoms with Crippen LogP contribution in [-0.2, 0) is 0 Å². The molecule has 4 rings (SSSR count). The van der Waals surface area contributed by atoms with E-state index in [2.05, 4.69) is 65.6 Å². The minimum absolute atomic E-state index is 0.0998. The van der Waals surface area contributed by atoms with E-state index in [1.54, 1.807) is 6.20 Å². The minimum atomic E-state index is -0.128. The summed E-state index contributed by atoms with van der Waals surface area (Å²) in [5.74, 6) is -0.128. The van der Waals surface area contributed by atoms with Gasteiger partial charge in [-0.05, 0) is 39.2 Å². The van der Waals surface area contributed by atoms with E-state index in [1.807, 2.05) is 10.7 Å². The lowest BCUT2D eigenvalue weighted by molar-refractivity contribution is -0.0542. The average Bonchev–Trinajstić information content (AvgIpc) is 3.35. The maximum atomic E-state index is 12.5. The molecule has 1 amide bonds. The first-order valence-corrected chi connectivity index (χ1v) is 9.01. The predicted molar refractivity (Wildman–Crippen MR) is 95.2 cm³/mol. The Kier molecular flexibility index (Phi) is 3.87. The van der Waals surface area contributed by atoms with Crippen molar-refractivity contribution in [1.29, 1.82) is 0 Å². The molecule has 0 bridgehead atoms. The summed E-state index contributed by atoms with van der Waals surface area (Å²) >= 11 is 0. The van der Waals surface area contributed by atoms with Crippen LogP contribution in [-0.4, -0.2) is 43.9 Å². The van der Waals surface area contributed by atoms with E-state index in [9.17, 15) is 4.79 Å². The molecule has 1 aromatic carbocycles. The number of rotatable bonds is 5. The van der Waals surface area contributed by atoms with Crippen LogP contribution in [0.3, 0.4) is 0 Å². The fourth-order valence-electron chi connectivity index (χ4n) is 3.66. The molecule has 2 heterocycles. The zero-order valence-corrected chi connectivity index (χ0v) is 15.0. The van der Waals surface area contributed by atoms with Crippen molar-refractivity contribution in [1.82, 2.24) is 25.2 Å². The van der Waals surface area contributed by atoms with Crippen LogP contribution in [0.2, 0.25) is 0 Å². The monoisotopic (exact) mass is 339 g/mol. The van der Waals surface area contributed by atoms with Gasteiger partial charge in [0.2, 0.25) is 0 Å². The van der Waals surface area contributed by atoms with Gasteiger partial charge >= 0.3 is 0 Å². The van der Waals surface area contributed by atoms with Crippen LogP contribution in [0.15, 0.2) is 36.5 Å². The van der Waals surface area contributed by atoms with Crippen molar-refractivity contribution < 1.29 is 4.79 Å². The minimum Gasteiger partial charge on any atom is -0.345 e. The number of aromatic nitrogens is 3. The number of hydrogen-bond donors (Lipinski definition) is 1. The van der Waals surface area contributed by atoms with Gasteiger partial charge in [0.25, 0.3) is 5.91 Å². The van der Waals surface area contributed by atoms with Gasteiger partial charge in [0.1, 0.15) is 0 Å². The maximum absolute atomic E-state index is 12.5. The van der Waals surface area contributed by atoms with Crippen molar-refractivity contribution in [2.45, 2.75) is 57.3 Å². The van der Waals surface area contributed by atoms with Gasteiger partial charge in [0.15, 0.2) is 5.69 Å². The molecule has 1 N–H and O–H groups in total. The molecule has 6 nitrogen and oxygen atoms in total. The van der Waals surface area contributed by atoms with Crippen LogP contribution in [0.4, 0.5) is 0 Å². The SMILES string of the molecule is CC(c1ccccc1)N1CC(NC(=O)c2cn(C3CC3)nn2)C1(C)C. The molecule has 2 atom stereocenters. The van der Waals surface area contributed by atoms with Crippen LogP contribution in [0.5, 0.6) is 0 Å². The van der Waals surface area contributed by atoms with Crippen LogP contribution in [0.25, 0.3) is 0 Å². The molecule has 1 aliphatic carbocycles. The second-order valence-corrected chi connectivity index (χ2v) is 7.73. The Hall–Kier alpha value is -2.21. The van der Waals surface area contributed by atoms with E-state index in [0.29, 0.717) is 17.8 Å². The normalized spacial score (nSPS) is 23.7. The number of carbonyl (C=O) groups is 1. The summed E-state index contributed by atoms with van der Waals surface area (Å²) in [4.78, 5) is 14.9. The van der Waals surface area contributed by atoms with Gasteiger partial charge in [-0.25, -0.2) is 4.68 Å². The molecule has 2 aromatic rings. The summed E-state index contributed by atoms with van der Waals surface area (Å²) in [6, 6.07) is 11.4. The topological polar surface area (TPSA) is 63.1 Å². The van der Waals surface area contributed by atoms with Gasteiger partial charge in [-0.1, -0.05) is 35.5 Å². The molecular formula is C19H25N5O. The largest absolute Gasteiger partial charge is 0.345 e. The van der Waals surface area contributed by atoms with Crippen molar-refractivity contribution >= 4 is 5.91 Å². The van der Waals surface area contributed by atoms with E-state index < -0.39 is 0 Å². The predicted octanol–water partition coefficient (Wildman–Crippen LogP) is 2.57. The molecule has 1 saturated carbocycles. The van der Waals surface area contributed by atoms with Crippen molar-refractivity contribution in [3.05, 3.63) is 47.8 Å². The molecule has 2 fully saturated rings. The Morgan fingerprint density at radius 1 is 1.28 bits per heavy atom. The van der Waals surface area contributed by atoms with Crippen LogP contribution in [0, 0.1) is 0 Å². The van der Waals surface area contributed by atoms with E-state index in [-0.39, 0.29) is 17.5 Å². The molecule has 132 valence electrons. The standard InChI is InChI=1S/C19H25N5O/c1-13(14-7-5-4-6-8-14)23-12-17(19(23,2)3)20-18(25)16-11-24(22-21-16)15-9-10-15/h4-8,11,13,15,17H,9-10,12H2,1-3H3,(H,20,25). The third-order valence-corrected chi connectivity index (χ3v) is 5.69. The van der Waals surface area contributed by atoms with E-state index >= 15 is 0 Å². The zero-order valence-electron chi connectivity index (χ0n) is 15.0. The first-order chi connectivity index (χ1) is 12.0. The highest BCUT2D eigenvalue weighted by Crippen LogP contribution is 2.38. The summed E-state index contributed by atoms with van der Waals surface area (Å²) in [7, 11) is 0. The number of benzene rings is 1. The summed E-state index contributed by atoms with van der Waals surface area (Å²) in [5, 5.41) is 11.2. The Labute approximate surface area is 148 Å². The first-order valence-electron chi connectivity index (χ1n) is 9.01. The molecule has 2 aliphatic rings. The average molecular weight is 339 g/mol. The van der Waals surface area contributed by atoms with E-state index in [1.165, 1.54) is 5.56 Å². The summed E-state index contributed by atoms with van der Waals surface area (Å²) in [6.45, 7) is 7.42. The highest BCUT2D eigenvalue weighted by atomic mass is 16.2.